The molecule has 1 aromatic rings. The van der Waals surface area contributed by atoms with Crippen LogP contribution in [-0.4, -0.2) is 46.5 Å². The van der Waals surface area contributed by atoms with E-state index in [9.17, 15) is 0 Å². The summed E-state index contributed by atoms with van der Waals surface area (Å²) in [6.07, 6.45) is 12.1. The van der Waals surface area contributed by atoms with E-state index >= 15 is 0 Å². The number of aliphatic imine (C=N–C) groups is 1. The average molecular weight is 478 g/mol. The molecule has 1 aliphatic rings. The number of nitrogens with zero attached hydrogens (tertiary/aromatic N) is 4. The topological polar surface area (TPSA) is 76.4 Å². The first kappa shape index (κ1) is 23.1. The molecule has 150 valence electrons. The van der Waals surface area contributed by atoms with Gasteiger partial charge in [0.05, 0.1) is 6.10 Å². The molecule has 0 unspecified atom stereocenters. The Hall–Kier alpha value is -0.900. The maximum Gasteiger partial charge on any atom is 0.191 e. The molecule has 1 saturated carbocycles. The molecule has 0 atom stereocenters. The summed E-state index contributed by atoms with van der Waals surface area (Å²) in [5.41, 5.74) is 0. The van der Waals surface area contributed by atoms with Crippen molar-refractivity contribution >= 4 is 29.9 Å². The molecule has 2 rings (SSSR count). The zero-order valence-electron chi connectivity index (χ0n) is 16.2. The fraction of sp³-hybridized carbons (Fsp3) is 0.833. The van der Waals surface area contributed by atoms with Crippen LogP contribution in [0.25, 0.3) is 0 Å². The molecule has 0 saturated heterocycles. The lowest BCUT2D eigenvalue weighted by molar-refractivity contribution is 0.0264. The van der Waals surface area contributed by atoms with Gasteiger partial charge in [-0.05, 0) is 39.0 Å². The SMILES string of the molecule is CCNC(=NCc1ncnn1C)NCCCCCOC1CCCCC1.I. The highest BCUT2D eigenvalue weighted by Crippen LogP contribution is 2.20. The van der Waals surface area contributed by atoms with E-state index in [0.717, 1.165) is 44.3 Å². The third-order valence-corrected chi connectivity index (χ3v) is 4.55. The Kier molecular flexibility index (Phi) is 12.6. The number of aromatic nitrogens is 3. The smallest absolute Gasteiger partial charge is 0.191 e. The summed E-state index contributed by atoms with van der Waals surface area (Å²) >= 11 is 0. The summed E-state index contributed by atoms with van der Waals surface area (Å²) in [7, 11) is 1.88. The van der Waals surface area contributed by atoms with Crippen LogP contribution in [0.1, 0.15) is 64.1 Å². The fourth-order valence-electron chi connectivity index (χ4n) is 3.05. The molecule has 26 heavy (non-hydrogen) atoms. The van der Waals surface area contributed by atoms with Crippen LogP contribution in [-0.2, 0) is 18.3 Å². The Bertz CT molecular complexity index is 502. The molecule has 1 aliphatic carbocycles. The maximum atomic E-state index is 5.97. The van der Waals surface area contributed by atoms with Gasteiger partial charge in [0.2, 0.25) is 0 Å². The van der Waals surface area contributed by atoms with Crippen molar-refractivity contribution in [1.82, 2.24) is 25.4 Å². The number of unbranched alkanes of at least 4 members (excludes halogenated alkanes) is 2. The molecule has 8 heteroatoms. The van der Waals surface area contributed by atoms with Crippen molar-refractivity contribution in [3.05, 3.63) is 12.2 Å². The average Bonchev–Trinajstić information content (AvgIpc) is 3.04. The minimum absolute atomic E-state index is 0. The first-order chi connectivity index (χ1) is 12.3. The van der Waals surface area contributed by atoms with Crippen molar-refractivity contribution < 1.29 is 4.74 Å². The summed E-state index contributed by atoms with van der Waals surface area (Å²) in [5.74, 6) is 1.70. The lowest BCUT2D eigenvalue weighted by Crippen LogP contribution is -2.37. The number of ether oxygens (including phenoxy) is 1. The van der Waals surface area contributed by atoms with Crippen LogP contribution in [0.3, 0.4) is 0 Å². The summed E-state index contributed by atoms with van der Waals surface area (Å²) in [6.45, 7) is 5.28. The summed E-state index contributed by atoms with van der Waals surface area (Å²) in [6, 6.07) is 0. The molecule has 1 heterocycles. The minimum atomic E-state index is 0. The van der Waals surface area contributed by atoms with Crippen molar-refractivity contribution in [3.63, 3.8) is 0 Å². The third-order valence-electron chi connectivity index (χ3n) is 4.55. The van der Waals surface area contributed by atoms with Crippen LogP contribution in [0.4, 0.5) is 0 Å². The van der Waals surface area contributed by atoms with Crippen molar-refractivity contribution in [2.75, 3.05) is 19.7 Å². The predicted octanol–water partition coefficient (Wildman–Crippen LogP) is 3.01. The minimum Gasteiger partial charge on any atom is -0.378 e. The van der Waals surface area contributed by atoms with Gasteiger partial charge >= 0.3 is 0 Å². The van der Waals surface area contributed by atoms with Crippen LogP contribution in [0.2, 0.25) is 0 Å². The molecular weight excluding hydrogens is 443 g/mol. The molecule has 0 radical (unpaired) electrons. The van der Waals surface area contributed by atoms with E-state index in [1.807, 2.05) is 7.05 Å². The lowest BCUT2D eigenvalue weighted by atomic mass is 9.98. The molecule has 0 bridgehead atoms. The Morgan fingerprint density at radius 3 is 2.73 bits per heavy atom. The van der Waals surface area contributed by atoms with Gasteiger partial charge in [-0.1, -0.05) is 19.3 Å². The van der Waals surface area contributed by atoms with Crippen LogP contribution in [0.15, 0.2) is 11.3 Å². The van der Waals surface area contributed by atoms with E-state index in [-0.39, 0.29) is 24.0 Å². The number of hydrogen-bond acceptors (Lipinski definition) is 4. The van der Waals surface area contributed by atoms with Gasteiger partial charge in [0.15, 0.2) is 5.96 Å². The van der Waals surface area contributed by atoms with E-state index in [1.165, 1.54) is 38.5 Å². The first-order valence-corrected chi connectivity index (χ1v) is 9.76. The Balaban J connectivity index is 0.00000338. The summed E-state index contributed by atoms with van der Waals surface area (Å²) < 4.78 is 7.72. The van der Waals surface area contributed by atoms with E-state index < -0.39 is 0 Å². The van der Waals surface area contributed by atoms with Gasteiger partial charge < -0.3 is 15.4 Å². The van der Waals surface area contributed by atoms with Crippen molar-refractivity contribution in [2.45, 2.75) is 70.9 Å². The molecule has 0 aliphatic heterocycles. The highest BCUT2D eigenvalue weighted by molar-refractivity contribution is 14.0. The van der Waals surface area contributed by atoms with E-state index in [1.54, 1.807) is 11.0 Å². The number of halogens is 1. The van der Waals surface area contributed by atoms with Gasteiger partial charge in [-0.3, -0.25) is 4.68 Å². The van der Waals surface area contributed by atoms with Crippen LogP contribution in [0, 0.1) is 0 Å². The molecular formula is C18H35IN6O. The summed E-state index contributed by atoms with van der Waals surface area (Å²) in [4.78, 5) is 8.75. The summed E-state index contributed by atoms with van der Waals surface area (Å²) in [5, 5.41) is 10.7. The number of nitrogens with one attached hydrogen (secondary N) is 2. The van der Waals surface area contributed by atoms with Crippen LogP contribution in [0.5, 0.6) is 0 Å². The lowest BCUT2D eigenvalue weighted by Gasteiger charge is -2.21. The fourth-order valence-corrected chi connectivity index (χ4v) is 3.05. The normalized spacial score (nSPS) is 15.5. The van der Waals surface area contributed by atoms with Gasteiger partial charge in [-0.15, -0.1) is 24.0 Å². The molecule has 1 fully saturated rings. The molecule has 1 aromatic heterocycles. The second-order valence-corrected chi connectivity index (χ2v) is 6.61. The van der Waals surface area contributed by atoms with Crippen molar-refractivity contribution in [2.24, 2.45) is 12.0 Å². The zero-order valence-corrected chi connectivity index (χ0v) is 18.6. The number of guanidine groups is 1. The number of aryl methyl sites for hydroxylation is 1. The molecule has 7 nitrogen and oxygen atoms in total. The molecule has 0 aromatic carbocycles. The van der Waals surface area contributed by atoms with E-state index in [2.05, 4.69) is 32.6 Å². The number of hydrogen-bond donors (Lipinski definition) is 2. The van der Waals surface area contributed by atoms with Gasteiger partial charge in [0, 0.05) is 26.7 Å². The van der Waals surface area contributed by atoms with Gasteiger partial charge in [0.25, 0.3) is 0 Å². The largest absolute Gasteiger partial charge is 0.378 e. The first-order valence-electron chi connectivity index (χ1n) is 9.76. The Labute approximate surface area is 174 Å². The Morgan fingerprint density at radius 1 is 1.23 bits per heavy atom. The van der Waals surface area contributed by atoms with Crippen molar-refractivity contribution in [3.8, 4) is 0 Å². The number of rotatable bonds is 10. The molecule has 2 N–H and O–H groups in total. The van der Waals surface area contributed by atoms with Crippen LogP contribution < -0.4 is 10.6 Å². The monoisotopic (exact) mass is 478 g/mol. The predicted molar refractivity (Wildman–Crippen MR) is 116 cm³/mol. The maximum absolute atomic E-state index is 5.97. The van der Waals surface area contributed by atoms with Crippen molar-refractivity contribution in [1.29, 1.82) is 0 Å². The van der Waals surface area contributed by atoms with Crippen LogP contribution >= 0.6 is 24.0 Å². The second-order valence-electron chi connectivity index (χ2n) is 6.61. The zero-order chi connectivity index (χ0) is 17.7. The van der Waals surface area contributed by atoms with Gasteiger partial charge in [-0.2, -0.15) is 5.10 Å². The standard InChI is InChI=1S/C18H34N6O.HI/c1-3-19-18(21-14-17-22-15-23-24(17)2)20-12-8-5-9-13-25-16-10-6-4-7-11-16;/h15-16H,3-14H2,1-2H3,(H2,19,20,21);1H. The quantitative estimate of drug-likeness (QED) is 0.234. The van der Waals surface area contributed by atoms with Gasteiger partial charge in [0.1, 0.15) is 18.7 Å². The molecule has 0 amide bonds. The van der Waals surface area contributed by atoms with E-state index in [0.29, 0.717) is 12.6 Å². The molecule has 0 spiro atoms. The Morgan fingerprint density at radius 2 is 2.04 bits per heavy atom. The highest BCUT2D eigenvalue weighted by atomic mass is 127. The second kappa shape index (κ2) is 14.2. The highest BCUT2D eigenvalue weighted by Gasteiger charge is 2.12. The van der Waals surface area contributed by atoms with Gasteiger partial charge in [-0.25, -0.2) is 9.98 Å². The third kappa shape index (κ3) is 9.16. The van der Waals surface area contributed by atoms with E-state index in [4.69, 9.17) is 4.74 Å².